The predicted molar refractivity (Wildman–Crippen MR) is 120 cm³/mol. The Hall–Kier alpha value is -1.04. The van der Waals surface area contributed by atoms with Gasteiger partial charge in [-0.25, -0.2) is 8.78 Å². The van der Waals surface area contributed by atoms with E-state index in [2.05, 4.69) is 15.2 Å². The van der Waals surface area contributed by atoms with Crippen LogP contribution in [0.3, 0.4) is 0 Å². The van der Waals surface area contributed by atoms with Crippen molar-refractivity contribution >= 4 is 29.9 Å². The van der Waals surface area contributed by atoms with Crippen LogP contribution >= 0.6 is 24.0 Å². The zero-order valence-corrected chi connectivity index (χ0v) is 19.6. The predicted octanol–water partition coefficient (Wildman–Crippen LogP) is 2.64. The number of aliphatic imine (C=N–C) groups is 1. The molecule has 6 nitrogen and oxygen atoms in total. The summed E-state index contributed by atoms with van der Waals surface area (Å²) in [6.07, 6.45) is 2.22. The third-order valence-corrected chi connectivity index (χ3v) is 5.39. The quantitative estimate of drug-likeness (QED) is 0.365. The highest BCUT2D eigenvalue weighted by atomic mass is 127. The first kappa shape index (κ1) is 24.2. The van der Waals surface area contributed by atoms with Gasteiger partial charge >= 0.3 is 0 Å². The van der Waals surface area contributed by atoms with Crippen LogP contribution in [-0.2, 0) is 9.47 Å². The molecule has 164 valence electrons. The molecule has 0 amide bonds. The van der Waals surface area contributed by atoms with Crippen LogP contribution in [0, 0.1) is 11.6 Å². The van der Waals surface area contributed by atoms with E-state index in [0.29, 0.717) is 32.2 Å². The van der Waals surface area contributed by atoms with Crippen LogP contribution in [0.4, 0.5) is 8.78 Å². The highest BCUT2D eigenvalue weighted by Crippen LogP contribution is 2.24. The summed E-state index contributed by atoms with van der Waals surface area (Å²) in [5.74, 6) is -0.379. The van der Waals surface area contributed by atoms with Crippen molar-refractivity contribution in [3.8, 4) is 0 Å². The first-order valence-corrected chi connectivity index (χ1v) is 9.80. The standard InChI is InChI=1S/C20H30F2N4O2.HI/c1-23-20(26-9-11-28-18(13-26)17-8-5-10-27-17)24-12-16(25(2)3)19-14(21)6-4-7-15(19)22;/h4,6-7,16-18H,5,8-13H2,1-3H3,(H,23,24);1H. The van der Waals surface area contributed by atoms with E-state index in [9.17, 15) is 8.78 Å². The lowest BCUT2D eigenvalue weighted by atomic mass is 10.0. The molecule has 0 bridgehead atoms. The molecule has 1 aromatic carbocycles. The molecule has 29 heavy (non-hydrogen) atoms. The summed E-state index contributed by atoms with van der Waals surface area (Å²) in [5.41, 5.74) is 0.0645. The van der Waals surface area contributed by atoms with Gasteiger partial charge in [-0.1, -0.05) is 6.07 Å². The molecule has 0 spiro atoms. The van der Waals surface area contributed by atoms with Crippen molar-refractivity contribution in [3.63, 3.8) is 0 Å². The van der Waals surface area contributed by atoms with Crippen molar-refractivity contribution in [2.45, 2.75) is 31.1 Å². The Morgan fingerprint density at radius 1 is 1.24 bits per heavy atom. The first-order valence-electron chi connectivity index (χ1n) is 9.80. The number of ether oxygens (including phenoxy) is 2. The largest absolute Gasteiger partial charge is 0.375 e. The molecule has 1 N–H and O–H groups in total. The smallest absolute Gasteiger partial charge is 0.193 e. The van der Waals surface area contributed by atoms with Crippen molar-refractivity contribution in [2.75, 3.05) is 54.0 Å². The van der Waals surface area contributed by atoms with Crippen molar-refractivity contribution in [1.29, 1.82) is 0 Å². The number of morpholine rings is 1. The van der Waals surface area contributed by atoms with Crippen molar-refractivity contribution < 1.29 is 18.3 Å². The van der Waals surface area contributed by atoms with Gasteiger partial charge in [0.05, 0.1) is 18.8 Å². The summed E-state index contributed by atoms with van der Waals surface area (Å²) >= 11 is 0. The number of benzene rings is 1. The van der Waals surface area contributed by atoms with E-state index in [4.69, 9.17) is 9.47 Å². The van der Waals surface area contributed by atoms with Crippen LogP contribution in [0.15, 0.2) is 23.2 Å². The average molecular weight is 524 g/mol. The summed E-state index contributed by atoms with van der Waals surface area (Å²) in [6, 6.07) is 3.50. The van der Waals surface area contributed by atoms with Gasteiger partial charge < -0.3 is 24.6 Å². The Labute approximate surface area is 188 Å². The average Bonchev–Trinajstić information content (AvgIpc) is 3.21. The Balaban J connectivity index is 0.00000300. The van der Waals surface area contributed by atoms with Gasteiger partial charge in [0.1, 0.15) is 17.7 Å². The Kier molecular flexibility index (Phi) is 9.51. The van der Waals surface area contributed by atoms with Gasteiger partial charge in [0.25, 0.3) is 0 Å². The van der Waals surface area contributed by atoms with Crippen LogP contribution in [0.2, 0.25) is 0 Å². The third kappa shape index (κ3) is 5.99. The molecule has 1 aromatic rings. The van der Waals surface area contributed by atoms with Crippen LogP contribution < -0.4 is 5.32 Å². The zero-order chi connectivity index (χ0) is 20.1. The van der Waals surface area contributed by atoms with Crippen LogP contribution in [-0.4, -0.2) is 82.0 Å². The maximum Gasteiger partial charge on any atom is 0.193 e. The number of rotatable bonds is 5. The van der Waals surface area contributed by atoms with Crippen LogP contribution in [0.5, 0.6) is 0 Å². The van der Waals surface area contributed by atoms with E-state index in [1.165, 1.54) is 18.2 Å². The van der Waals surface area contributed by atoms with Crippen LogP contribution in [0.25, 0.3) is 0 Å². The maximum atomic E-state index is 14.3. The topological polar surface area (TPSA) is 49.3 Å². The third-order valence-electron chi connectivity index (χ3n) is 5.39. The zero-order valence-electron chi connectivity index (χ0n) is 17.2. The van der Waals surface area contributed by atoms with E-state index in [-0.39, 0.29) is 41.7 Å². The molecule has 9 heteroatoms. The maximum absolute atomic E-state index is 14.3. The number of nitrogens with one attached hydrogen (secondary N) is 1. The van der Waals surface area contributed by atoms with Gasteiger partial charge in [0.2, 0.25) is 0 Å². The molecule has 2 aliphatic heterocycles. The van der Waals surface area contributed by atoms with Gasteiger partial charge in [0.15, 0.2) is 5.96 Å². The molecule has 3 atom stereocenters. The Morgan fingerprint density at radius 2 is 1.93 bits per heavy atom. The monoisotopic (exact) mass is 524 g/mol. The second-order valence-electron chi connectivity index (χ2n) is 7.45. The van der Waals surface area contributed by atoms with Gasteiger partial charge in [-0.05, 0) is 39.1 Å². The molecule has 0 aliphatic carbocycles. The van der Waals surface area contributed by atoms with E-state index in [1.807, 2.05) is 14.1 Å². The molecule has 0 radical (unpaired) electrons. The van der Waals surface area contributed by atoms with E-state index in [0.717, 1.165) is 19.4 Å². The summed E-state index contributed by atoms with van der Waals surface area (Å²) in [6.45, 7) is 3.12. The summed E-state index contributed by atoms with van der Waals surface area (Å²) in [5, 5.41) is 3.29. The molecule has 3 unspecified atom stereocenters. The number of hydrogen-bond acceptors (Lipinski definition) is 4. The van der Waals surface area contributed by atoms with Gasteiger partial charge in [-0.15, -0.1) is 24.0 Å². The van der Waals surface area contributed by atoms with Gasteiger partial charge in [-0.3, -0.25) is 4.99 Å². The molecular formula is C20H31F2IN4O2. The minimum absolute atomic E-state index is 0. The second kappa shape index (κ2) is 11.4. The van der Waals surface area contributed by atoms with E-state index < -0.39 is 17.7 Å². The minimum Gasteiger partial charge on any atom is -0.375 e. The number of hydrogen-bond donors (Lipinski definition) is 1. The van der Waals surface area contributed by atoms with Gasteiger partial charge in [0, 0.05) is 38.9 Å². The van der Waals surface area contributed by atoms with E-state index in [1.54, 1.807) is 11.9 Å². The fourth-order valence-electron chi connectivity index (χ4n) is 3.88. The Bertz CT molecular complexity index is 666. The summed E-state index contributed by atoms with van der Waals surface area (Å²) < 4.78 is 40.2. The Morgan fingerprint density at radius 3 is 2.52 bits per heavy atom. The fourth-order valence-corrected chi connectivity index (χ4v) is 3.88. The lowest BCUT2D eigenvalue weighted by Crippen LogP contribution is -2.54. The lowest BCUT2D eigenvalue weighted by Gasteiger charge is -2.37. The number of halogens is 3. The summed E-state index contributed by atoms with van der Waals surface area (Å²) in [4.78, 5) is 8.30. The second-order valence-corrected chi connectivity index (χ2v) is 7.45. The van der Waals surface area contributed by atoms with Crippen molar-refractivity contribution in [2.24, 2.45) is 4.99 Å². The van der Waals surface area contributed by atoms with E-state index >= 15 is 0 Å². The number of likely N-dealkylation sites (N-methyl/N-ethyl adjacent to an activating group) is 1. The lowest BCUT2D eigenvalue weighted by molar-refractivity contribution is -0.0817. The summed E-state index contributed by atoms with van der Waals surface area (Å²) in [7, 11) is 5.33. The molecular weight excluding hydrogens is 493 g/mol. The van der Waals surface area contributed by atoms with Crippen molar-refractivity contribution in [3.05, 3.63) is 35.4 Å². The highest BCUT2D eigenvalue weighted by molar-refractivity contribution is 14.0. The molecule has 3 rings (SSSR count). The number of guanidine groups is 1. The van der Waals surface area contributed by atoms with Gasteiger partial charge in [-0.2, -0.15) is 0 Å². The normalized spacial score (nSPS) is 23.8. The molecule has 2 fully saturated rings. The minimum atomic E-state index is -0.541. The molecule has 0 saturated carbocycles. The first-order chi connectivity index (χ1) is 13.5. The van der Waals surface area contributed by atoms with Crippen LogP contribution in [0.1, 0.15) is 24.4 Å². The van der Waals surface area contributed by atoms with Crippen molar-refractivity contribution in [1.82, 2.24) is 15.1 Å². The fraction of sp³-hybridized carbons (Fsp3) is 0.650. The molecule has 2 saturated heterocycles. The molecule has 2 aliphatic rings. The molecule has 0 aromatic heterocycles. The molecule has 2 heterocycles. The SMILES string of the molecule is CN=C(NCC(c1c(F)cccc1F)N(C)C)N1CCOC(C2CCCO2)C1.I. The number of nitrogens with zero attached hydrogens (tertiary/aromatic N) is 3. The highest BCUT2D eigenvalue weighted by Gasteiger charge is 2.32.